The van der Waals surface area contributed by atoms with Gasteiger partial charge in [-0.2, -0.15) is 4.99 Å². The molecular weight excluding hydrogens is 264 g/mol. The van der Waals surface area contributed by atoms with Gasteiger partial charge in [0.05, 0.1) is 10.2 Å². The molecule has 1 aromatic heterocycles. The van der Waals surface area contributed by atoms with Gasteiger partial charge in [0, 0.05) is 25.6 Å². The van der Waals surface area contributed by atoms with Gasteiger partial charge in [0.2, 0.25) is 5.91 Å². The van der Waals surface area contributed by atoms with E-state index in [9.17, 15) is 4.79 Å². The zero-order chi connectivity index (χ0) is 13.4. The highest BCUT2D eigenvalue weighted by molar-refractivity contribution is 7.16. The Bertz CT molecular complexity index is 714. The van der Waals surface area contributed by atoms with E-state index in [0.29, 0.717) is 18.0 Å². The van der Waals surface area contributed by atoms with E-state index in [-0.39, 0.29) is 5.91 Å². The smallest absolute Gasteiger partial charge is 0.245 e. The first-order valence-electron chi connectivity index (χ1n) is 6.17. The van der Waals surface area contributed by atoms with Crippen molar-refractivity contribution in [2.75, 3.05) is 13.2 Å². The summed E-state index contributed by atoms with van der Waals surface area (Å²) >= 11 is 1.49. The molecule has 0 unspecified atom stereocenters. The van der Waals surface area contributed by atoms with Gasteiger partial charge < -0.3 is 14.0 Å². The number of aryl methyl sites for hydroxylation is 1. The molecule has 0 fully saturated rings. The van der Waals surface area contributed by atoms with Crippen LogP contribution < -0.4 is 14.3 Å². The Kier molecular flexibility index (Phi) is 3.02. The summed E-state index contributed by atoms with van der Waals surface area (Å²) in [4.78, 5) is 16.0. The van der Waals surface area contributed by atoms with Crippen molar-refractivity contribution in [1.82, 2.24) is 4.57 Å². The lowest BCUT2D eigenvalue weighted by Crippen LogP contribution is -2.16. The van der Waals surface area contributed by atoms with Crippen LogP contribution in [0.1, 0.15) is 13.8 Å². The van der Waals surface area contributed by atoms with Crippen LogP contribution in [0.3, 0.4) is 0 Å². The predicted octanol–water partition coefficient (Wildman–Crippen LogP) is 1.94. The number of hydrogen-bond acceptors (Lipinski definition) is 4. The maximum absolute atomic E-state index is 11.2. The van der Waals surface area contributed by atoms with Crippen LogP contribution in [0.25, 0.3) is 10.2 Å². The Morgan fingerprint density at radius 3 is 2.68 bits per heavy atom. The normalized spacial score (nSPS) is 14.9. The Hall–Kier alpha value is -1.82. The van der Waals surface area contributed by atoms with Crippen LogP contribution in [0.15, 0.2) is 17.1 Å². The van der Waals surface area contributed by atoms with Crippen LogP contribution in [0, 0.1) is 0 Å². The van der Waals surface area contributed by atoms with E-state index in [4.69, 9.17) is 9.47 Å². The number of aromatic nitrogens is 1. The van der Waals surface area contributed by atoms with E-state index in [1.54, 1.807) is 0 Å². The van der Waals surface area contributed by atoms with Crippen LogP contribution >= 0.6 is 11.3 Å². The van der Waals surface area contributed by atoms with Gasteiger partial charge >= 0.3 is 0 Å². The third-order valence-electron chi connectivity index (χ3n) is 2.92. The van der Waals surface area contributed by atoms with Crippen molar-refractivity contribution < 1.29 is 14.3 Å². The number of rotatable bonds is 1. The van der Waals surface area contributed by atoms with Crippen LogP contribution in [0.2, 0.25) is 0 Å². The third-order valence-corrected chi connectivity index (χ3v) is 3.96. The Labute approximate surface area is 114 Å². The molecule has 1 aromatic carbocycles. The molecule has 0 saturated carbocycles. The Balaban J connectivity index is 2.29. The highest BCUT2D eigenvalue weighted by Gasteiger charge is 2.15. The number of carbonyl (C=O) groups is 1. The number of fused-ring (bicyclic) bond motifs is 2. The van der Waals surface area contributed by atoms with Gasteiger partial charge in [-0.1, -0.05) is 11.3 Å². The summed E-state index contributed by atoms with van der Waals surface area (Å²) in [6.45, 7) is 5.39. The average molecular weight is 278 g/mol. The van der Waals surface area contributed by atoms with Crippen molar-refractivity contribution >= 4 is 27.5 Å². The molecule has 2 aromatic rings. The number of thiazole rings is 1. The van der Waals surface area contributed by atoms with E-state index in [2.05, 4.69) is 4.99 Å². The largest absolute Gasteiger partial charge is 0.486 e. The van der Waals surface area contributed by atoms with E-state index in [1.165, 1.54) is 18.3 Å². The van der Waals surface area contributed by atoms with Crippen molar-refractivity contribution in [3.05, 3.63) is 16.9 Å². The molecule has 3 rings (SSSR count). The Morgan fingerprint density at radius 2 is 2.05 bits per heavy atom. The first-order chi connectivity index (χ1) is 9.19. The van der Waals surface area contributed by atoms with Crippen LogP contribution in [-0.2, 0) is 11.3 Å². The minimum Gasteiger partial charge on any atom is -0.486 e. The number of nitrogens with zero attached hydrogens (tertiary/aromatic N) is 2. The molecule has 19 heavy (non-hydrogen) atoms. The highest BCUT2D eigenvalue weighted by Crippen LogP contribution is 2.35. The van der Waals surface area contributed by atoms with Crippen molar-refractivity contribution in [3.8, 4) is 11.5 Å². The molecule has 0 N–H and O–H groups in total. The quantitative estimate of drug-likeness (QED) is 0.801. The fourth-order valence-electron chi connectivity index (χ4n) is 2.13. The maximum atomic E-state index is 11.2. The molecule has 6 heteroatoms. The second-order valence-corrected chi connectivity index (χ2v) is 5.23. The first-order valence-corrected chi connectivity index (χ1v) is 6.99. The molecule has 1 amide bonds. The van der Waals surface area contributed by atoms with Crippen molar-refractivity contribution in [2.24, 2.45) is 4.99 Å². The third kappa shape index (κ3) is 2.12. The zero-order valence-electron chi connectivity index (χ0n) is 10.8. The topological polar surface area (TPSA) is 52.8 Å². The predicted molar refractivity (Wildman–Crippen MR) is 72.7 cm³/mol. The minimum absolute atomic E-state index is 0.189. The molecule has 1 aliphatic rings. The monoisotopic (exact) mass is 278 g/mol. The average Bonchev–Trinajstić information content (AvgIpc) is 2.71. The van der Waals surface area contributed by atoms with E-state index >= 15 is 0 Å². The van der Waals surface area contributed by atoms with Crippen LogP contribution in [0.5, 0.6) is 11.5 Å². The summed E-state index contributed by atoms with van der Waals surface area (Å²) in [5, 5.41) is 0. The summed E-state index contributed by atoms with van der Waals surface area (Å²) in [6, 6.07) is 3.92. The number of benzene rings is 1. The fraction of sp³-hybridized carbons (Fsp3) is 0.385. The van der Waals surface area contributed by atoms with Gasteiger partial charge in [0.1, 0.15) is 13.2 Å². The molecular formula is C13H14N2O3S. The lowest BCUT2D eigenvalue weighted by molar-refractivity contribution is -0.116. The lowest BCUT2D eigenvalue weighted by Gasteiger charge is -2.18. The highest BCUT2D eigenvalue weighted by atomic mass is 32.1. The molecule has 0 aliphatic carbocycles. The molecule has 0 atom stereocenters. The lowest BCUT2D eigenvalue weighted by atomic mass is 10.2. The Morgan fingerprint density at radius 1 is 1.37 bits per heavy atom. The van der Waals surface area contributed by atoms with Crippen LogP contribution in [-0.4, -0.2) is 23.7 Å². The molecule has 2 heterocycles. The van der Waals surface area contributed by atoms with Crippen molar-refractivity contribution in [1.29, 1.82) is 0 Å². The second kappa shape index (κ2) is 4.70. The molecule has 0 spiro atoms. The standard InChI is InChI=1S/C13H14N2O3S/c1-3-15-9-6-10-11(18-5-4-17-10)7-12(9)19-13(15)14-8(2)16/h6-7H,3-5H2,1-2H3. The van der Waals surface area contributed by atoms with E-state index in [1.807, 2.05) is 23.6 Å². The molecule has 0 bridgehead atoms. The minimum atomic E-state index is -0.189. The number of carbonyl (C=O) groups excluding carboxylic acids is 1. The zero-order valence-corrected chi connectivity index (χ0v) is 11.6. The summed E-state index contributed by atoms with van der Waals surface area (Å²) in [6.07, 6.45) is 0. The van der Waals surface area contributed by atoms with E-state index < -0.39 is 0 Å². The fourth-order valence-corrected chi connectivity index (χ4v) is 3.28. The summed E-state index contributed by atoms with van der Waals surface area (Å²) in [7, 11) is 0. The van der Waals surface area contributed by atoms with Gasteiger partial charge in [0.15, 0.2) is 16.3 Å². The van der Waals surface area contributed by atoms with Crippen molar-refractivity contribution in [3.63, 3.8) is 0 Å². The van der Waals surface area contributed by atoms with Crippen LogP contribution in [0.4, 0.5) is 0 Å². The SMILES string of the molecule is CCn1c(=NC(C)=O)sc2cc3c(cc21)OCCO3. The van der Waals surface area contributed by atoms with Gasteiger partial charge in [-0.3, -0.25) is 4.79 Å². The molecule has 1 aliphatic heterocycles. The van der Waals surface area contributed by atoms with Gasteiger partial charge in [-0.05, 0) is 6.92 Å². The number of hydrogen-bond donors (Lipinski definition) is 0. The maximum Gasteiger partial charge on any atom is 0.245 e. The van der Waals surface area contributed by atoms with Crippen molar-refractivity contribution in [2.45, 2.75) is 20.4 Å². The summed E-state index contributed by atoms with van der Waals surface area (Å²) in [5.41, 5.74) is 1.02. The summed E-state index contributed by atoms with van der Waals surface area (Å²) in [5.74, 6) is 1.33. The van der Waals surface area contributed by atoms with Gasteiger partial charge in [-0.25, -0.2) is 0 Å². The first kappa shape index (κ1) is 12.2. The number of amides is 1. The number of ether oxygens (including phenoxy) is 2. The van der Waals surface area contributed by atoms with Gasteiger partial charge in [-0.15, -0.1) is 0 Å². The molecule has 0 radical (unpaired) electrons. The van der Waals surface area contributed by atoms with Gasteiger partial charge in [0.25, 0.3) is 0 Å². The molecule has 100 valence electrons. The second-order valence-electron chi connectivity index (χ2n) is 4.22. The van der Waals surface area contributed by atoms with E-state index in [0.717, 1.165) is 28.3 Å². The molecule has 5 nitrogen and oxygen atoms in total. The summed E-state index contributed by atoms with van der Waals surface area (Å²) < 4.78 is 14.2. The molecule has 0 saturated heterocycles.